The van der Waals surface area contributed by atoms with Crippen molar-refractivity contribution in [1.82, 2.24) is 0 Å². The summed E-state index contributed by atoms with van der Waals surface area (Å²) in [5.74, 6) is -0.914. The SMILES string of the molecule is CCCCC/C=C\C/C=C\CCCCCCCCCC(=O)[O-]. The van der Waals surface area contributed by atoms with Gasteiger partial charge in [0.25, 0.3) is 0 Å². The maximum absolute atomic E-state index is 10.2. The second kappa shape index (κ2) is 18.0. The number of carboxylic acids is 1. The van der Waals surface area contributed by atoms with Crippen LogP contribution in [-0.4, -0.2) is 5.97 Å². The van der Waals surface area contributed by atoms with Crippen molar-refractivity contribution >= 4 is 5.97 Å². The van der Waals surface area contributed by atoms with Gasteiger partial charge in [0.05, 0.1) is 0 Å². The van der Waals surface area contributed by atoms with Crippen LogP contribution >= 0.6 is 0 Å². The number of allylic oxidation sites excluding steroid dienone is 4. The van der Waals surface area contributed by atoms with Crippen LogP contribution in [0, 0.1) is 0 Å². The van der Waals surface area contributed by atoms with Gasteiger partial charge in [-0.1, -0.05) is 76.2 Å². The van der Waals surface area contributed by atoms with E-state index >= 15 is 0 Å². The molecule has 0 unspecified atom stereocenters. The molecule has 0 fully saturated rings. The molecule has 0 heterocycles. The van der Waals surface area contributed by atoms with E-state index in [0.717, 1.165) is 25.7 Å². The Morgan fingerprint density at radius 2 is 1.23 bits per heavy atom. The molecule has 0 aromatic heterocycles. The zero-order valence-electron chi connectivity index (χ0n) is 14.5. The molecule has 0 radical (unpaired) electrons. The minimum atomic E-state index is -0.914. The van der Waals surface area contributed by atoms with Gasteiger partial charge in [0, 0.05) is 5.97 Å². The van der Waals surface area contributed by atoms with Gasteiger partial charge in [-0.25, -0.2) is 0 Å². The number of aliphatic carboxylic acids is 1. The van der Waals surface area contributed by atoms with Crippen molar-refractivity contribution in [3.63, 3.8) is 0 Å². The van der Waals surface area contributed by atoms with Crippen molar-refractivity contribution < 1.29 is 9.90 Å². The molecular weight excluding hydrogens is 272 g/mol. The number of carbonyl (C=O) groups excluding carboxylic acids is 1. The van der Waals surface area contributed by atoms with Crippen LogP contribution in [0.25, 0.3) is 0 Å². The second-order valence-electron chi connectivity index (χ2n) is 6.06. The van der Waals surface area contributed by atoms with Gasteiger partial charge in [-0.15, -0.1) is 0 Å². The minimum absolute atomic E-state index is 0.220. The molecule has 0 saturated carbocycles. The summed E-state index contributed by atoms with van der Waals surface area (Å²) >= 11 is 0. The molecule has 22 heavy (non-hydrogen) atoms. The minimum Gasteiger partial charge on any atom is -0.550 e. The van der Waals surface area contributed by atoms with Gasteiger partial charge in [0.2, 0.25) is 0 Å². The van der Waals surface area contributed by atoms with E-state index in [1.54, 1.807) is 0 Å². The lowest BCUT2D eigenvalue weighted by Gasteiger charge is -2.02. The zero-order chi connectivity index (χ0) is 16.3. The number of hydrogen-bond donors (Lipinski definition) is 0. The average molecular weight is 307 g/mol. The molecule has 0 aliphatic carbocycles. The van der Waals surface area contributed by atoms with E-state index in [0.29, 0.717) is 0 Å². The monoisotopic (exact) mass is 307 g/mol. The smallest absolute Gasteiger partial charge is 0.0414 e. The lowest BCUT2D eigenvalue weighted by Crippen LogP contribution is -2.21. The maximum Gasteiger partial charge on any atom is 0.0414 e. The van der Waals surface area contributed by atoms with E-state index in [1.807, 2.05) is 0 Å². The molecular formula is C20H35O2-. The van der Waals surface area contributed by atoms with Gasteiger partial charge in [-0.05, 0) is 44.9 Å². The van der Waals surface area contributed by atoms with Crippen LogP contribution in [0.2, 0.25) is 0 Å². The van der Waals surface area contributed by atoms with Gasteiger partial charge in [-0.3, -0.25) is 0 Å². The lowest BCUT2D eigenvalue weighted by molar-refractivity contribution is -0.305. The highest BCUT2D eigenvalue weighted by atomic mass is 16.4. The molecule has 0 aliphatic rings. The standard InChI is InChI=1S/C20H36O2/c1-2-3-4-5-6-7-8-9-10-11-12-13-14-15-16-17-18-19-20(21)22/h6-7,9-10H,2-5,8,11-19H2,1H3,(H,21,22)/p-1/b7-6-,10-9-. The molecule has 0 spiro atoms. The van der Waals surface area contributed by atoms with Crippen LogP contribution in [0.3, 0.4) is 0 Å². The summed E-state index contributed by atoms with van der Waals surface area (Å²) < 4.78 is 0. The molecule has 0 aromatic carbocycles. The summed E-state index contributed by atoms with van der Waals surface area (Å²) in [7, 11) is 0. The number of hydrogen-bond acceptors (Lipinski definition) is 2. The van der Waals surface area contributed by atoms with E-state index in [1.165, 1.54) is 57.8 Å². The highest BCUT2D eigenvalue weighted by molar-refractivity contribution is 5.63. The second-order valence-corrected chi connectivity index (χ2v) is 6.06. The number of carbonyl (C=O) groups is 1. The van der Waals surface area contributed by atoms with Gasteiger partial charge in [0.15, 0.2) is 0 Å². The summed E-state index contributed by atoms with van der Waals surface area (Å²) in [4.78, 5) is 10.2. The van der Waals surface area contributed by atoms with Crippen molar-refractivity contribution in [1.29, 1.82) is 0 Å². The summed E-state index contributed by atoms with van der Waals surface area (Å²) in [6.07, 6.45) is 24.9. The Morgan fingerprint density at radius 3 is 1.77 bits per heavy atom. The van der Waals surface area contributed by atoms with Crippen LogP contribution in [0.5, 0.6) is 0 Å². The van der Waals surface area contributed by atoms with E-state index in [9.17, 15) is 9.90 Å². The highest BCUT2D eigenvalue weighted by Crippen LogP contribution is 2.10. The van der Waals surface area contributed by atoms with Crippen LogP contribution in [0.4, 0.5) is 0 Å². The van der Waals surface area contributed by atoms with Gasteiger partial charge in [0.1, 0.15) is 0 Å². The number of rotatable bonds is 16. The summed E-state index contributed by atoms with van der Waals surface area (Å²) in [6.45, 7) is 2.24. The Kier molecular flexibility index (Phi) is 17.1. The first-order valence-corrected chi connectivity index (χ1v) is 9.27. The average Bonchev–Trinajstić information content (AvgIpc) is 2.50. The Morgan fingerprint density at radius 1 is 0.727 bits per heavy atom. The molecule has 128 valence electrons. The molecule has 0 aliphatic heterocycles. The summed E-state index contributed by atoms with van der Waals surface area (Å²) in [5.41, 5.74) is 0. The summed E-state index contributed by atoms with van der Waals surface area (Å²) in [6, 6.07) is 0. The van der Waals surface area contributed by atoms with Crippen molar-refractivity contribution in [3.05, 3.63) is 24.3 Å². The fourth-order valence-electron chi connectivity index (χ4n) is 2.43. The van der Waals surface area contributed by atoms with Crippen LogP contribution in [0.15, 0.2) is 24.3 Å². The quantitative estimate of drug-likeness (QED) is 0.285. The normalized spacial score (nSPS) is 11.7. The Bertz CT molecular complexity index is 292. The van der Waals surface area contributed by atoms with Crippen molar-refractivity contribution in [2.45, 2.75) is 96.8 Å². The third-order valence-corrected chi connectivity index (χ3v) is 3.83. The first kappa shape index (κ1) is 20.9. The van der Waals surface area contributed by atoms with E-state index in [4.69, 9.17) is 0 Å². The lowest BCUT2D eigenvalue weighted by atomic mass is 10.1. The zero-order valence-corrected chi connectivity index (χ0v) is 14.5. The molecule has 0 saturated heterocycles. The molecule has 2 heteroatoms. The van der Waals surface area contributed by atoms with Crippen LogP contribution in [0.1, 0.15) is 96.8 Å². The first-order chi connectivity index (χ1) is 10.8. The molecule has 0 aromatic rings. The van der Waals surface area contributed by atoms with Crippen LogP contribution < -0.4 is 5.11 Å². The predicted molar refractivity (Wildman–Crippen MR) is 93.6 cm³/mol. The number of carboxylic acid groups (broad SMARTS) is 1. The molecule has 0 rings (SSSR count). The van der Waals surface area contributed by atoms with E-state index in [-0.39, 0.29) is 6.42 Å². The molecule has 2 nitrogen and oxygen atoms in total. The summed E-state index contributed by atoms with van der Waals surface area (Å²) in [5, 5.41) is 10.2. The molecule has 0 N–H and O–H groups in total. The Labute approximate surface area is 137 Å². The molecule has 0 atom stereocenters. The van der Waals surface area contributed by atoms with Gasteiger partial charge < -0.3 is 9.90 Å². The maximum atomic E-state index is 10.2. The topological polar surface area (TPSA) is 40.1 Å². The number of unbranched alkanes of at least 4 members (excludes halogenated alkanes) is 10. The predicted octanol–water partition coefficient (Wildman–Crippen LogP) is 5.33. The Balaban J connectivity index is 3.15. The van der Waals surface area contributed by atoms with Crippen LogP contribution in [-0.2, 0) is 4.79 Å². The third-order valence-electron chi connectivity index (χ3n) is 3.83. The van der Waals surface area contributed by atoms with Crippen molar-refractivity contribution in [2.24, 2.45) is 0 Å². The molecule has 0 amide bonds. The fraction of sp³-hybridized carbons (Fsp3) is 0.750. The van der Waals surface area contributed by atoms with Crippen molar-refractivity contribution in [3.8, 4) is 0 Å². The van der Waals surface area contributed by atoms with Gasteiger partial charge in [-0.2, -0.15) is 0 Å². The van der Waals surface area contributed by atoms with Crippen molar-refractivity contribution in [2.75, 3.05) is 0 Å². The first-order valence-electron chi connectivity index (χ1n) is 9.27. The third kappa shape index (κ3) is 18.9. The Hall–Kier alpha value is -1.05. The van der Waals surface area contributed by atoms with Gasteiger partial charge >= 0.3 is 0 Å². The largest absolute Gasteiger partial charge is 0.550 e. The fourth-order valence-corrected chi connectivity index (χ4v) is 2.43. The van der Waals surface area contributed by atoms with E-state index in [2.05, 4.69) is 31.2 Å². The van der Waals surface area contributed by atoms with E-state index < -0.39 is 5.97 Å². The molecule has 0 bridgehead atoms. The highest BCUT2D eigenvalue weighted by Gasteiger charge is 1.92.